The van der Waals surface area contributed by atoms with Gasteiger partial charge in [-0.05, 0) is 117 Å². The highest BCUT2D eigenvalue weighted by Gasteiger charge is 2.20. The Morgan fingerprint density at radius 1 is 0.286 bits per heavy atom. The van der Waals surface area contributed by atoms with Crippen molar-refractivity contribution in [2.24, 2.45) is 0 Å². The molecule has 0 amide bonds. The van der Waals surface area contributed by atoms with Gasteiger partial charge in [0.15, 0.2) is 0 Å². The highest BCUT2D eigenvalue weighted by atomic mass is 14.2. The van der Waals surface area contributed by atoms with Gasteiger partial charge in [-0.3, -0.25) is 0 Å². The normalized spacial score (nSPS) is 12.1. The summed E-state index contributed by atoms with van der Waals surface area (Å²) in [7, 11) is 0. The molecule has 266 valence electrons. The third-order valence-corrected chi connectivity index (χ3v) is 12.0. The molecule has 10 rings (SSSR count). The lowest BCUT2D eigenvalue weighted by Crippen LogP contribution is -1.94. The summed E-state index contributed by atoms with van der Waals surface area (Å²) in [5.74, 6) is 0.549. The number of rotatable bonds is 7. The zero-order valence-electron chi connectivity index (χ0n) is 31.8. The summed E-state index contributed by atoms with van der Waals surface area (Å²) < 4.78 is 0. The van der Waals surface area contributed by atoms with E-state index in [1.165, 1.54) is 104 Å². The van der Waals surface area contributed by atoms with Crippen molar-refractivity contribution in [2.45, 2.75) is 26.2 Å². The molecule has 0 radical (unpaired) electrons. The van der Waals surface area contributed by atoms with E-state index in [4.69, 9.17) is 0 Å². The maximum atomic E-state index is 2.34. The Morgan fingerprint density at radius 2 is 0.589 bits per heavy atom. The van der Waals surface area contributed by atoms with Gasteiger partial charge in [-0.15, -0.1) is 0 Å². The van der Waals surface area contributed by atoms with Gasteiger partial charge < -0.3 is 0 Å². The Kier molecular flexibility index (Phi) is 8.53. The SMILES string of the molecule is CCC(C)c1ccc(-c2c3ccccc3c(-c3ccc(-c4c5ccccc5c(-c5ccccc5-c5ccccc5)c5ccccc45)cc3)c3ccccc23)cc1. The Morgan fingerprint density at radius 3 is 0.964 bits per heavy atom. The Balaban J connectivity index is 1.16. The van der Waals surface area contributed by atoms with Crippen LogP contribution in [0.1, 0.15) is 31.7 Å². The first-order valence-electron chi connectivity index (χ1n) is 19.9. The average Bonchev–Trinajstić information content (AvgIpc) is 3.27. The van der Waals surface area contributed by atoms with Crippen molar-refractivity contribution in [3.8, 4) is 55.6 Å². The second-order valence-electron chi connectivity index (χ2n) is 15.1. The Hall–Kier alpha value is -6.76. The van der Waals surface area contributed by atoms with E-state index in [-0.39, 0.29) is 0 Å². The van der Waals surface area contributed by atoms with Gasteiger partial charge in [-0.1, -0.05) is 214 Å². The van der Waals surface area contributed by atoms with Gasteiger partial charge in [-0.25, -0.2) is 0 Å². The van der Waals surface area contributed by atoms with E-state index in [0.717, 1.165) is 6.42 Å². The quantitative estimate of drug-likeness (QED) is 0.144. The van der Waals surface area contributed by atoms with Crippen LogP contribution in [0.5, 0.6) is 0 Å². The number of hydrogen-bond donors (Lipinski definition) is 0. The smallest absolute Gasteiger partial charge is 0.00201 e. The molecule has 1 unspecified atom stereocenters. The molecule has 0 aliphatic rings. The average molecular weight is 715 g/mol. The third-order valence-electron chi connectivity index (χ3n) is 12.0. The van der Waals surface area contributed by atoms with Gasteiger partial charge in [0.2, 0.25) is 0 Å². The monoisotopic (exact) mass is 714 g/mol. The van der Waals surface area contributed by atoms with Gasteiger partial charge in [0.05, 0.1) is 0 Å². The van der Waals surface area contributed by atoms with Gasteiger partial charge in [0.25, 0.3) is 0 Å². The molecule has 0 spiro atoms. The van der Waals surface area contributed by atoms with Crippen LogP contribution in [0.15, 0.2) is 200 Å². The fourth-order valence-electron chi connectivity index (χ4n) is 9.07. The van der Waals surface area contributed by atoms with E-state index >= 15 is 0 Å². The fourth-order valence-corrected chi connectivity index (χ4v) is 9.07. The first-order valence-corrected chi connectivity index (χ1v) is 19.9. The van der Waals surface area contributed by atoms with Crippen LogP contribution in [0.4, 0.5) is 0 Å². The standard InChI is InChI=1S/C56H42/c1-3-37(2)38-29-31-40(32-30-38)53-45-21-9-11-23-47(45)54(48-24-12-10-22-46(48)53)41-33-35-42(36-34-41)55-49-25-13-15-27-51(49)56(52-28-16-14-26-50(52)55)44-20-8-7-19-43(44)39-17-5-4-6-18-39/h4-37H,3H2,1-2H3. The summed E-state index contributed by atoms with van der Waals surface area (Å²) in [5, 5.41) is 10.2. The molecule has 0 saturated carbocycles. The van der Waals surface area contributed by atoms with Crippen LogP contribution >= 0.6 is 0 Å². The van der Waals surface area contributed by atoms with E-state index in [2.05, 4.69) is 214 Å². The van der Waals surface area contributed by atoms with E-state index < -0.39 is 0 Å². The van der Waals surface area contributed by atoms with E-state index in [1.54, 1.807) is 0 Å². The summed E-state index contributed by atoms with van der Waals surface area (Å²) in [6, 6.07) is 74.1. The summed E-state index contributed by atoms with van der Waals surface area (Å²) in [5.41, 5.74) is 14.0. The summed E-state index contributed by atoms with van der Waals surface area (Å²) in [4.78, 5) is 0. The first-order chi connectivity index (χ1) is 27.7. The highest BCUT2D eigenvalue weighted by molar-refractivity contribution is 6.23. The number of benzene rings is 10. The second-order valence-corrected chi connectivity index (χ2v) is 15.1. The minimum Gasteiger partial charge on any atom is -0.0648 e. The van der Waals surface area contributed by atoms with Crippen molar-refractivity contribution in [3.05, 3.63) is 206 Å². The highest BCUT2D eigenvalue weighted by Crippen LogP contribution is 2.48. The Labute approximate surface area is 329 Å². The molecular weight excluding hydrogens is 673 g/mol. The number of fused-ring (bicyclic) bond motifs is 4. The van der Waals surface area contributed by atoms with Gasteiger partial charge >= 0.3 is 0 Å². The van der Waals surface area contributed by atoms with Crippen LogP contribution in [0.3, 0.4) is 0 Å². The lowest BCUT2D eigenvalue weighted by molar-refractivity contribution is 0.734. The Bertz CT molecular complexity index is 2930. The van der Waals surface area contributed by atoms with Crippen molar-refractivity contribution >= 4 is 43.1 Å². The van der Waals surface area contributed by atoms with Crippen LogP contribution in [-0.2, 0) is 0 Å². The second kappa shape index (κ2) is 14.1. The minimum atomic E-state index is 0.549. The maximum Gasteiger partial charge on any atom is -0.00201 e. The molecule has 56 heavy (non-hydrogen) atoms. The zero-order chi connectivity index (χ0) is 37.6. The molecule has 0 aliphatic heterocycles. The lowest BCUT2D eigenvalue weighted by Gasteiger charge is -2.20. The molecule has 10 aromatic rings. The molecule has 0 saturated heterocycles. The lowest BCUT2D eigenvalue weighted by atomic mass is 9.83. The molecule has 0 aromatic heterocycles. The maximum absolute atomic E-state index is 2.34. The van der Waals surface area contributed by atoms with Crippen molar-refractivity contribution in [1.29, 1.82) is 0 Å². The molecule has 0 heteroatoms. The van der Waals surface area contributed by atoms with Crippen molar-refractivity contribution in [2.75, 3.05) is 0 Å². The predicted molar refractivity (Wildman–Crippen MR) is 242 cm³/mol. The molecule has 0 nitrogen and oxygen atoms in total. The van der Waals surface area contributed by atoms with Gasteiger partial charge in [0, 0.05) is 0 Å². The molecular formula is C56H42. The third kappa shape index (κ3) is 5.61. The van der Waals surface area contributed by atoms with Crippen LogP contribution in [-0.4, -0.2) is 0 Å². The van der Waals surface area contributed by atoms with Crippen molar-refractivity contribution in [3.63, 3.8) is 0 Å². The zero-order valence-corrected chi connectivity index (χ0v) is 31.8. The van der Waals surface area contributed by atoms with Crippen LogP contribution in [0, 0.1) is 0 Å². The summed E-state index contributed by atoms with van der Waals surface area (Å²) in [6.07, 6.45) is 1.14. The fraction of sp³-hybridized carbons (Fsp3) is 0.0714. The predicted octanol–water partition coefficient (Wildman–Crippen LogP) is 16.1. The van der Waals surface area contributed by atoms with Crippen LogP contribution < -0.4 is 0 Å². The first kappa shape index (κ1) is 33.8. The minimum absolute atomic E-state index is 0.549. The van der Waals surface area contributed by atoms with Crippen molar-refractivity contribution in [1.82, 2.24) is 0 Å². The topological polar surface area (TPSA) is 0 Å². The van der Waals surface area contributed by atoms with E-state index in [1.807, 2.05) is 0 Å². The summed E-state index contributed by atoms with van der Waals surface area (Å²) >= 11 is 0. The molecule has 0 aliphatic carbocycles. The van der Waals surface area contributed by atoms with E-state index in [0.29, 0.717) is 5.92 Å². The largest absolute Gasteiger partial charge is 0.0648 e. The molecule has 0 fully saturated rings. The molecule has 0 heterocycles. The molecule has 0 bridgehead atoms. The molecule has 1 atom stereocenters. The van der Waals surface area contributed by atoms with Crippen LogP contribution in [0.25, 0.3) is 98.7 Å². The van der Waals surface area contributed by atoms with Crippen LogP contribution in [0.2, 0.25) is 0 Å². The molecule has 0 N–H and O–H groups in total. The van der Waals surface area contributed by atoms with Crippen molar-refractivity contribution < 1.29 is 0 Å². The van der Waals surface area contributed by atoms with Gasteiger partial charge in [-0.2, -0.15) is 0 Å². The molecule has 10 aromatic carbocycles. The van der Waals surface area contributed by atoms with E-state index in [9.17, 15) is 0 Å². The number of hydrogen-bond acceptors (Lipinski definition) is 0. The van der Waals surface area contributed by atoms with Gasteiger partial charge in [0.1, 0.15) is 0 Å². The summed E-state index contributed by atoms with van der Waals surface area (Å²) in [6.45, 7) is 4.57.